The largest absolute Gasteiger partial charge is 0.294 e. The third-order valence-electron chi connectivity index (χ3n) is 2.59. The molecule has 0 amide bonds. The van der Waals surface area contributed by atoms with Gasteiger partial charge < -0.3 is 0 Å². The predicted octanol–water partition coefficient (Wildman–Crippen LogP) is 4.81. The molecule has 19 heavy (non-hydrogen) atoms. The van der Waals surface area contributed by atoms with Gasteiger partial charge in [-0.05, 0) is 42.0 Å². The lowest BCUT2D eigenvalue weighted by Gasteiger charge is -2.06. The molecule has 0 aliphatic rings. The summed E-state index contributed by atoms with van der Waals surface area (Å²) >= 11 is 9.04. The van der Waals surface area contributed by atoms with Crippen LogP contribution in [0.25, 0.3) is 0 Å². The highest BCUT2D eigenvalue weighted by molar-refractivity contribution is 9.10. The number of rotatable bonds is 3. The zero-order valence-electron chi connectivity index (χ0n) is 9.59. The van der Waals surface area contributed by atoms with Crippen LogP contribution in [0.5, 0.6) is 0 Å². The van der Waals surface area contributed by atoms with Crippen molar-refractivity contribution in [2.24, 2.45) is 0 Å². The summed E-state index contributed by atoms with van der Waals surface area (Å²) in [7, 11) is 0. The van der Waals surface area contributed by atoms with Crippen molar-refractivity contribution in [2.75, 3.05) is 0 Å². The van der Waals surface area contributed by atoms with Gasteiger partial charge in [-0.2, -0.15) is 0 Å². The van der Waals surface area contributed by atoms with Gasteiger partial charge in [0.2, 0.25) is 0 Å². The van der Waals surface area contributed by atoms with Gasteiger partial charge in [-0.3, -0.25) is 4.79 Å². The number of carbonyl (C=O) groups is 1. The summed E-state index contributed by atoms with van der Waals surface area (Å²) in [6.07, 6.45) is -0.220. The maximum atomic E-state index is 13.5. The van der Waals surface area contributed by atoms with Crippen LogP contribution in [0.3, 0.4) is 0 Å². The number of hydrogen-bond acceptors (Lipinski definition) is 1. The summed E-state index contributed by atoms with van der Waals surface area (Å²) in [6.45, 7) is 0. The Morgan fingerprint density at radius 3 is 2.63 bits per heavy atom. The fourth-order valence-electron chi connectivity index (χ4n) is 1.66. The highest BCUT2D eigenvalue weighted by atomic mass is 79.9. The molecule has 0 spiro atoms. The van der Waals surface area contributed by atoms with Gasteiger partial charge in [0.15, 0.2) is 5.78 Å². The van der Waals surface area contributed by atoms with Crippen LogP contribution in [0, 0.1) is 11.6 Å². The first kappa shape index (κ1) is 14.2. The average molecular weight is 346 g/mol. The highest BCUT2D eigenvalue weighted by Gasteiger charge is 2.14. The summed E-state index contributed by atoms with van der Waals surface area (Å²) in [5.41, 5.74) is 0.369. The van der Waals surface area contributed by atoms with Gasteiger partial charge in [-0.25, -0.2) is 8.78 Å². The Balaban J connectivity index is 2.30. The van der Waals surface area contributed by atoms with Crippen LogP contribution in [0.2, 0.25) is 5.02 Å². The molecule has 0 unspecified atom stereocenters. The molecule has 0 N–H and O–H groups in total. The van der Waals surface area contributed by atoms with E-state index in [0.29, 0.717) is 15.1 Å². The quantitative estimate of drug-likeness (QED) is 0.730. The molecule has 0 saturated carbocycles. The molecule has 2 aromatic carbocycles. The van der Waals surface area contributed by atoms with E-state index < -0.39 is 11.6 Å². The molecule has 0 bridgehead atoms. The zero-order valence-corrected chi connectivity index (χ0v) is 11.9. The molecule has 0 radical (unpaired) electrons. The third kappa shape index (κ3) is 3.39. The summed E-state index contributed by atoms with van der Waals surface area (Å²) < 4.78 is 27.1. The lowest BCUT2D eigenvalue weighted by Crippen LogP contribution is -2.06. The molecular weight excluding hydrogens is 338 g/mol. The van der Waals surface area contributed by atoms with Crippen molar-refractivity contribution >= 4 is 33.3 Å². The second-order valence-electron chi connectivity index (χ2n) is 3.96. The lowest BCUT2D eigenvalue weighted by atomic mass is 10.0. The van der Waals surface area contributed by atoms with Gasteiger partial charge in [0, 0.05) is 21.5 Å². The van der Waals surface area contributed by atoms with Crippen molar-refractivity contribution in [3.63, 3.8) is 0 Å². The normalized spacial score (nSPS) is 10.5. The number of hydrogen-bond donors (Lipinski definition) is 0. The van der Waals surface area contributed by atoms with E-state index in [4.69, 9.17) is 11.6 Å². The molecule has 0 saturated heterocycles. The first-order valence-electron chi connectivity index (χ1n) is 5.39. The minimum Gasteiger partial charge on any atom is -0.294 e. The predicted molar refractivity (Wildman–Crippen MR) is 73.5 cm³/mol. The Bertz CT molecular complexity index is 643. The number of ketones is 1. The number of Topliss-reactive ketones (excluding diaryl/α,β-unsaturated/α-hetero) is 1. The topological polar surface area (TPSA) is 17.1 Å². The van der Waals surface area contributed by atoms with Crippen LogP contribution in [-0.2, 0) is 6.42 Å². The summed E-state index contributed by atoms with van der Waals surface area (Å²) in [5, 5.41) is 0.409. The Kier molecular flexibility index (Phi) is 4.32. The Labute approximate surface area is 122 Å². The molecule has 1 nitrogen and oxygen atoms in total. The van der Waals surface area contributed by atoms with E-state index in [2.05, 4.69) is 15.9 Å². The van der Waals surface area contributed by atoms with Crippen molar-refractivity contribution in [1.29, 1.82) is 0 Å². The van der Waals surface area contributed by atoms with Gasteiger partial charge >= 0.3 is 0 Å². The summed E-state index contributed by atoms with van der Waals surface area (Å²) in [6, 6.07) is 7.79. The molecule has 0 fully saturated rings. The third-order valence-corrected chi connectivity index (χ3v) is 3.51. The average Bonchev–Trinajstić information content (AvgIpc) is 2.36. The van der Waals surface area contributed by atoms with E-state index in [1.807, 2.05) is 0 Å². The molecule has 5 heteroatoms. The smallest absolute Gasteiger partial charge is 0.168 e. The van der Waals surface area contributed by atoms with Crippen LogP contribution >= 0.6 is 27.5 Å². The molecular formula is C14H8BrClF2O. The van der Waals surface area contributed by atoms with Crippen molar-refractivity contribution in [3.8, 4) is 0 Å². The molecule has 0 aliphatic carbocycles. The monoisotopic (exact) mass is 344 g/mol. The maximum absolute atomic E-state index is 13.5. The number of carbonyl (C=O) groups excluding carboxylic acids is 1. The molecule has 2 aromatic rings. The molecule has 0 aliphatic heterocycles. The molecule has 0 aromatic heterocycles. The van der Waals surface area contributed by atoms with Gasteiger partial charge in [0.1, 0.15) is 11.6 Å². The van der Waals surface area contributed by atoms with Crippen LogP contribution in [-0.4, -0.2) is 5.78 Å². The van der Waals surface area contributed by atoms with E-state index >= 15 is 0 Å². The second-order valence-corrected chi connectivity index (χ2v) is 5.25. The Morgan fingerprint density at radius 1 is 1.16 bits per heavy atom. The fourth-order valence-corrected chi connectivity index (χ4v) is 2.30. The lowest BCUT2D eigenvalue weighted by molar-refractivity contribution is 0.0991. The Hall–Kier alpha value is -1.26. The second kappa shape index (κ2) is 5.80. The van der Waals surface area contributed by atoms with Gasteiger partial charge in [0.25, 0.3) is 0 Å². The molecule has 0 heterocycles. The van der Waals surface area contributed by atoms with Crippen LogP contribution in [0.4, 0.5) is 8.78 Å². The van der Waals surface area contributed by atoms with E-state index in [1.54, 1.807) is 12.1 Å². The van der Waals surface area contributed by atoms with Crippen LogP contribution in [0.1, 0.15) is 15.9 Å². The van der Waals surface area contributed by atoms with Crippen LogP contribution in [0.15, 0.2) is 40.9 Å². The number of halogens is 4. The molecule has 0 atom stereocenters. The number of benzene rings is 2. The van der Waals surface area contributed by atoms with Gasteiger partial charge in [-0.1, -0.05) is 27.5 Å². The minimum absolute atomic E-state index is 0.0249. The molecule has 98 valence electrons. The first-order valence-corrected chi connectivity index (χ1v) is 6.56. The standard InChI is InChI=1S/C14H8BrClF2O/c15-12-3-1-9(16)7-11(12)14(19)6-8-5-10(17)2-4-13(8)18/h1-5,7H,6H2. The van der Waals surface area contributed by atoms with Crippen LogP contribution < -0.4 is 0 Å². The first-order chi connectivity index (χ1) is 8.97. The summed E-state index contributed by atoms with van der Waals surface area (Å²) in [4.78, 5) is 12.1. The SMILES string of the molecule is O=C(Cc1cc(F)ccc1F)c1cc(Cl)ccc1Br. The van der Waals surface area contributed by atoms with Gasteiger partial charge in [-0.15, -0.1) is 0 Å². The minimum atomic E-state index is -0.604. The highest BCUT2D eigenvalue weighted by Crippen LogP contribution is 2.23. The van der Waals surface area contributed by atoms with Crippen molar-refractivity contribution in [2.45, 2.75) is 6.42 Å². The van der Waals surface area contributed by atoms with Crippen molar-refractivity contribution < 1.29 is 13.6 Å². The van der Waals surface area contributed by atoms with E-state index in [-0.39, 0.29) is 17.8 Å². The van der Waals surface area contributed by atoms with E-state index in [9.17, 15) is 13.6 Å². The summed E-state index contributed by atoms with van der Waals surface area (Å²) in [5.74, 6) is -1.51. The van der Waals surface area contributed by atoms with Crippen molar-refractivity contribution in [1.82, 2.24) is 0 Å². The van der Waals surface area contributed by atoms with Gasteiger partial charge in [0.05, 0.1) is 0 Å². The maximum Gasteiger partial charge on any atom is 0.168 e. The van der Waals surface area contributed by atoms with E-state index in [0.717, 1.165) is 18.2 Å². The molecule has 2 rings (SSSR count). The fraction of sp³-hybridized carbons (Fsp3) is 0.0714. The van der Waals surface area contributed by atoms with Crippen molar-refractivity contribution in [3.05, 3.63) is 68.7 Å². The zero-order chi connectivity index (χ0) is 14.0. The van der Waals surface area contributed by atoms with E-state index in [1.165, 1.54) is 6.07 Å². The Morgan fingerprint density at radius 2 is 1.89 bits per heavy atom.